The molecule has 0 bridgehead atoms. The molecule has 3 saturated heterocycles. The molecule has 0 spiro atoms. The van der Waals surface area contributed by atoms with E-state index in [9.17, 15) is 19.6 Å². The van der Waals surface area contributed by atoms with Crippen molar-refractivity contribution in [3.63, 3.8) is 0 Å². The number of aromatic nitrogens is 8. The Morgan fingerprint density at radius 1 is 0.756 bits per heavy atom. The molecule has 3 fully saturated rings. The highest BCUT2D eigenvalue weighted by atomic mass is 31.2. The van der Waals surface area contributed by atoms with E-state index < -0.39 is 92.6 Å². The molecule has 25 nitrogen and oxygen atoms in total. The topological polar surface area (TPSA) is 291 Å². The van der Waals surface area contributed by atoms with Crippen molar-refractivity contribution in [1.29, 1.82) is 5.26 Å². The zero-order valence-corrected chi connectivity index (χ0v) is 49.2. The number of ether oxygens (including phenoxy) is 8. The minimum Gasteiger partial charge on any atom is -0.497 e. The van der Waals surface area contributed by atoms with E-state index in [1.54, 1.807) is 75.3 Å². The van der Waals surface area contributed by atoms with E-state index in [4.69, 9.17) is 56.5 Å². The molecule has 10 atom stereocenters. The van der Waals surface area contributed by atoms with Gasteiger partial charge in [-0.2, -0.15) is 10.2 Å². The molecule has 3 N–H and O–H groups in total. The van der Waals surface area contributed by atoms with Gasteiger partial charge in [-0.3, -0.25) is 33.8 Å². The average molecular weight is 1190 g/mol. The molecule has 3 aliphatic rings. The van der Waals surface area contributed by atoms with Gasteiger partial charge in [0.25, 0.3) is 11.5 Å². The van der Waals surface area contributed by atoms with E-state index in [2.05, 4.69) is 41.6 Å². The van der Waals surface area contributed by atoms with Gasteiger partial charge in [0.2, 0.25) is 11.9 Å². The van der Waals surface area contributed by atoms with Crippen molar-refractivity contribution in [2.75, 3.05) is 45.2 Å². The van der Waals surface area contributed by atoms with Gasteiger partial charge < -0.3 is 56.8 Å². The molecular weight excluding hydrogens is 1130 g/mol. The first kappa shape index (κ1) is 59.6. The summed E-state index contributed by atoms with van der Waals surface area (Å²) in [6.07, 6.45) is -4.16. The van der Waals surface area contributed by atoms with Crippen molar-refractivity contribution in [3.05, 3.63) is 161 Å². The molecule has 7 heterocycles. The van der Waals surface area contributed by atoms with Crippen molar-refractivity contribution in [1.82, 2.24) is 39.0 Å². The summed E-state index contributed by atoms with van der Waals surface area (Å²) in [5.74, 6) is -0.871. The van der Waals surface area contributed by atoms with Crippen LogP contribution in [0.4, 0.5) is 11.8 Å². The van der Waals surface area contributed by atoms with Crippen molar-refractivity contribution >= 4 is 54.5 Å². The Balaban J connectivity index is 0.961. The third kappa shape index (κ3) is 11.9. The number of carbonyl (C=O) groups excluding carboxylic acids is 2. The predicted molar refractivity (Wildman–Crippen MR) is 311 cm³/mol. The maximum Gasteiger partial charge on any atom is 0.333 e. The van der Waals surface area contributed by atoms with Gasteiger partial charge in [-0.1, -0.05) is 86.6 Å². The summed E-state index contributed by atoms with van der Waals surface area (Å²) in [5, 5.41) is 15.3. The standard InChI is InChI=1S/C60H64N11O14P/c1-34(2)53(72)68-58-67-52-44(55(74)69-58)65-33-71(52)57-49-46(83-59(4,5)84-49)42(80-57)30-79-86(78-29-15-28-61)85-47-45(81-56(48(47)77-8)70-32-64-43-50(62-31-63-51(43)70)66-54(73)36-16-11-9-12-17-36)35(3)82-60(37-18-13-10-14-19-37,38-20-24-40(75-6)25-21-38)39-22-26-41(76-7)27-23-39/h9-14,16-27,31-35,42,45-49,56-57H,15,29-30H2,1-8H3,(H,62,63,66,73)(H2,67,68,69,72,74)/t35-,42+,45?,46+,47+,48+,49+,56+,57+,86?/m0/s1. The van der Waals surface area contributed by atoms with Gasteiger partial charge in [0.15, 0.2) is 46.4 Å². The zero-order chi connectivity index (χ0) is 60.3. The smallest absolute Gasteiger partial charge is 0.333 e. The van der Waals surface area contributed by atoms with Gasteiger partial charge >= 0.3 is 8.60 Å². The third-order valence-electron chi connectivity index (χ3n) is 15.0. The van der Waals surface area contributed by atoms with Gasteiger partial charge in [-0.05, 0) is 73.9 Å². The number of methoxy groups -OCH3 is 3. The van der Waals surface area contributed by atoms with Crippen LogP contribution in [0.2, 0.25) is 0 Å². The number of nitriles is 1. The summed E-state index contributed by atoms with van der Waals surface area (Å²) in [6, 6.07) is 35.9. The first-order valence-corrected chi connectivity index (χ1v) is 28.9. The van der Waals surface area contributed by atoms with Gasteiger partial charge in [-0.15, -0.1) is 0 Å². The van der Waals surface area contributed by atoms with E-state index >= 15 is 0 Å². The molecule has 0 saturated carbocycles. The molecule has 448 valence electrons. The van der Waals surface area contributed by atoms with Crippen LogP contribution in [0.1, 0.15) is 80.5 Å². The van der Waals surface area contributed by atoms with Crippen LogP contribution in [-0.2, 0) is 52.4 Å². The van der Waals surface area contributed by atoms with Crippen LogP contribution in [0.3, 0.4) is 0 Å². The molecule has 3 aliphatic heterocycles. The van der Waals surface area contributed by atoms with Crippen LogP contribution >= 0.6 is 8.60 Å². The minimum atomic E-state index is -2.45. The van der Waals surface area contributed by atoms with Gasteiger partial charge in [-0.25, -0.2) is 19.9 Å². The number of hydrogen-bond donors (Lipinski definition) is 3. The molecular formula is C60H64N11O14P. The number of rotatable bonds is 23. The lowest BCUT2D eigenvalue weighted by molar-refractivity contribution is -0.199. The van der Waals surface area contributed by atoms with E-state index in [0.29, 0.717) is 22.7 Å². The van der Waals surface area contributed by atoms with Crippen molar-refractivity contribution in [2.24, 2.45) is 5.92 Å². The Kier molecular flexibility index (Phi) is 17.6. The number of aromatic amines is 1. The van der Waals surface area contributed by atoms with Crippen molar-refractivity contribution in [3.8, 4) is 17.6 Å². The van der Waals surface area contributed by atoms with Gasteiger partial charge in [0, 0.05) is 18.6 Å². The maximum atomic E-state index is 13.5. The number of anilines is 2. The molecule has 0 aliphatic carbocycles. The number of imidazole rings is 2. The monoisotopic (exact) mass is 1190 g/mol. The summed E-state index contributed by atoms with van der Waals surface area (Å²) < 4.78 is 75.6. The Labute approximate surface area is 495 Å². The third-order valence-corrected chi connectivity index (χ3v) is 16.1. The molecule has 4 aromatic heterocycles. The van der Waals surface area contributed by atoms with Crippen molar-refractivity contribution in [2.45, 2.75) is 108 Å². The van der Waals surface area contributed by atoms with E-state index in [1.165, 1.54) is 26.1 Å². The number of hydrogen-bond acceptors (Lipinski definition) is 20. The van der Waals surface area contributed by atoms with Crippen LogP contribution in [0.25, 0.3) is 22.3 Å². The lowest BCUT2D eigenvalue weighted by atomic mass is 9.79. The highest BCUT2D eigenvalue weighted by molar-refractivity contribution is 7.41. The molecule has 4 aromatic carbocycles. The molecule has 86 heavy (non-hydrogen) atoms. The molecule has 26 heteroatoms. The number of fused-ring (bicyclic) bond motifs is 3. The number of nitrogens with zero attached hydrogens (tertiary/aromatic N) is 8. The summed E-state index contributed by atoms with van der Waals surface area (Å²) in [7, 11) is 2.28. The van der Waals surface area contributed by atoms with E-state index in [0.717, 1.165) is 16.7 Å². The second-order valence-electron chi connectivity index (χ2n) is 21.2. The van der Waals surface area contributed by atoms with Crippen LogP contribution in [0.5, 0.6) is 11.5 Å². The first-order valence-electron chi connectivity index (χ1n) is 27.8. The molecule has 0 radical (unpaired) electrons. The van der Waals surface area contributed by atoms with Crippen LogP contribution in [0, 0.1) is 17.2 Å². The van der Waals surface area contributed by atoms with E-state index in [-0.39, 0.29) is 54.0 Å². The predicted octanol–water partition coefficient (Wildman–Crippen LogP) is 8.11. The fraction of sp³-hybridized carbons (Fsp3) is 0.383. The number of nitrogens with one attached hydrogen (secondary N) is 3. The summed E-state index contributed by atoms with van der Waals surface area (Å²) in [4.78, 5) is 64.8. The van der Waals surface area contributed by atoms with Gasteiger partial charge in [0.05, 0.1) is 58.7 Å². The zero-order valence-electron chi connectivity index (χ0n) is 48.3. The number of carbonyl (C=O) groups is 2. The largest absolute Gasteiger partial charge is 0.497 e. The SMILES string of the molecule is COc1ccc(C(O[C@@H](C)C2O[C@@H](n3cnc4c(NC(=O)c5ccccc5)ncnc43)[C@H](OC)[C@@H]2OP(OCCC#N)OC[C@H]2O[C@@H](n3cnc4c(=O)[nH]c(NC(=O)C(C)C)nc43)[C@@H]3OC(C)(C)O[C@@H]32)(c2ccccc2)c2ccc(OC)cc2)cc1. The second-order valence-corrected chi connectivity index (χ2v) is 22.4. The molecule has 8 aromatic rings. The van der Waals surface area contributed by atoms with Crippen LogP contribution in [-0.4, -0.2) is 134 Å². The highest BCUT2D eigenvalue weighted by Gasteiger charge is 2.58. The number of H-pyrrole nitrogens is 1. The highest BCUT2D eigenvalue weighted by Crippen LogP contribution is 2.52. The lowest BCUT2D eigenvalue weighted by Gasteiger charge is -2.40. The van der Waals surface area contributed by atoms with E-state index in [1.807, 2.05) is 91.9 Å². The van der Waals surface area contributed by atoms with Crippen LogP contribution < -0.4 is 25.7 Å². The molecule has 11 rings (SSSR count). The quantitative estimate of drug-likeness (QED) is 0.0309. The Morgan fingerprint density at radius 3 is 2.02 bits per heavy atom. The number of benzene rings is 4. The van der Waals surface area contributed by atoms with Crippen LogP contribution in [0.15, 0.2) is 133 Å². The minimum absolute atomic E-state index is 0.00588. The normalized spacial score (nSPS) is 22.4. The number of amides is 2. The summed E-state index contributed by atoms with van der Waals surface area (Å²) >= 11 is 0. The van der Waals surface area contributed by atoms with Crippen molar-refractivity contribution < 1.29 is 61.1 Å². The van der Waals surface area contributed by atoms with Gasteiger partial charge in [0.1, 0.15) is 60.1 Å². The fourth-order valence-corrected chi connectivity index (χ4v) is 12.0. The molecule has 2 unspecified atom stereocenters. The maximum absolute atomic E-state index is 13.5. The lowest BCUT2D eigenvalue weighted by Crippen LogP contribution is -2.45. The average Bonchev–Trinajstić information content (AvgIpc) is 2.53. The second kappa shape index (κ2) is 25.5. The summed E-state index contributed by atoms with van der Waals surface area (Å²) in [6.45, 7) is 8.55. The first-order chi connectivity index (χ1) is 41.6. The summed E-state index contributed by atoms with van der Waals surface area (Å²) in [5.41, 5.74) is 1.49. The Morgan fingerprint density at radius 2 is 1.38 bits per heavy atom. The Hall–Kier alpha value is -8.12. The molecule has 2 amide bonds. The Bertz CT molecular complexity index is 3720. The fourth-order valence-electron chi connectivity index (χ4n) is 10.9.